The summed E-state index contributed by atoms with van der Waals surface area (Å²) in [6.45, 7) is 6.66. The van der Waals surface area contributed by atoms with Crippen LogP contribution in [-0.4, -0.2) is 42.8 Å². The van der Waals surface area contributed by atoms with Crippen LogP contribution in [0.15, 0.2) is 0 Å². The van der Waals surface area contributed by atoms with Gasteiger partial charge in [0.25, 0.3) is 0 Å². The Morgan fingerprint density at radius 1 is 1.31 bits per heavy atom. The number of carbonyl (C=O) groups is 2. The Morgan fingerprint density at radius 3 is 2.44 bits per heavy atom. The molecule has 1 rings (SSSR count). The minimum Gasteiger partial charge on any atom is -0.355 e. The molecule has 1 heterocycles. The normalized spacial score (nSPS) is 18.4. The number of hydrogen-bond donors (Lipinski definition) is 1. The van der Waals surface area contributed by atoms with E-state index in [1.165, 1.54) is 0 Å². The van der Waals surface area contributed by atoms with Gasteiger partial charge in [-0.1, -0.05) is 6.92 Å². The number of hydrogen-bond acceptors (Lipinski definition) is 3. The molecule has 0 aliphatic carbocycles. The summed E-state index contributed by atoms with van der Waals surface area (Å²) in [4.78, 5) is 24.8. The van der Waals surface area contributed by atoms with Gasteiger partial charge in [0, 0.05) is 12.5 Å². The molecule has 0 aromatic carbocycles. The van der Waals surface area contributed by atoms with Crippen LogP contribution in [0, 0.1) is 5.92 Å². The molecule has 1 saturated heterocycles. The van der Waals surface area contributed by atoms with Crippen molar-refractivity contribution < 1.29 is 9.59 Å². The molecule has 1 fully saturated rings. The van der Waals surface area contributed by atoms with Crippen molar-refractivity contribution in [3.8, 4) is 0 Å². The topological polar surface area (TPSA) is 49.4 Å². The fraction of sp³-hybridized carbons (Fsp3) is 0.833. The first-order valence-electron chi connectivity index (χ1n) is 6.13. The van der Waals surface area contributed by atoms with E-state index >= 15 is 0 Å². The van der Waals surface area contributed by atoms with Crippen LogP contribution in [0.2, 0.25) is 0 Å². The molecule has 0 radical (unpaired) electrons. The molecule has 0 aromatic rings. The molecule has 16 heavy (non-hydrogen) atoms. The van der Waals surface area contributed by atoms with Gasteiger partial charge < -0.3 is 5.32 Å². The van der Waals surface area contributed by atoms with E-state index in [0.29, 0.717) is 6.54 Å². The van der Waals surface area contributed by atoms with Gasteiger partial charge in [-0.05, 0) is 39.3 Å². The SMILES string of the molecule is CCCNC(=O)CN1CCC(C(C)=O)CC1. The lowest BCUT2D eigenvalue weighted by atomic mass is 9.93. The van der Waals surface area contributed by atoms with E-state index in [1.54, 1.807) is 6.92 Å². The third-order valence-electron chi connectivity index (χ3n) is 3.10. The Bertz CT molecular complexity index is 245. The third-order valence-corrected chi connectivity index (χ3v) is 3.10. The van der Waals surface area contributed by atoms with Crippen molar-refractivity contribution in [2.24, 2.45) is 5.92 Å². The largest absolute Gasteiger partial charge is 0.355 e. The van der Waals surface area contributed by atoms with Crippen LogP contribution in [-0.2, 0) is 9.59 Å². The number of nitrogens with one attached hydrogen (secondary N) is 1. The highest BCUT2D eigenvalue weighted by Crippen LogP contribution is 2.17. The molecule has 4 heteroatoms. The third kappa shape index (κ3) is 4.31. The van der Waals surface area contributed by atoms with Gasteiger partial charge in [-0.2, -0.15) is 0 Å². The smallest absolute Gasteiger partial charge is 0.234 e. The summed E-state index contributed by atoms with van der Waals surface area (Å²) in [5.41, 5.74) is 0. The van der Waals surface area contributed by atoms with Gasteiger partial charge in [-0.25, -0.2) is 0 Å². The number of carbonyl (C=O) groups excluding carboxylic acids is 2. The Morgan fingerprint density at radius 2 is 1.94 bits per heavy atom. The van der Waals surface area contributed by atoms with Crippen molar-refractivity contribution in [2.75, 3.05) is 26.2 Å². The monoisotopic (exact) mass is 226 g/mol. The van der Waals surface area contributed by atoms with Crippen LogP contribution >= 0.6 is 0 Å². The van der Waals surface area contributed by atoms with E-state index in [0.717, 1.165) is 38.9 Å². The Kier molecular flexibility index (Phi) is 5.46. The second-order valence-electron chi connectivity index (χ2n) is 4.51. The highest BCUT2D eigenvalue weighted by atomic mass is 16.2. The molecular formula is C12H22N2O2. The summed E-state index contributed by atoms with van der Waals surface area (Å²) >= 11 is 0. The van der Waals surface area contributed by atoms with Crippen LogP contribution < -0.4 is 5.32 Å². The zero-order valence-electron chi connectivity index (χ0n) is 10.3. The first-order chi connectivity index (χ1) is 7.63. The molecule has 0 aromatic heterocycles. The summed E-state index contributed by atoms with van der Waals surface area (Å²) in [6, 6.07) is 0. The van der Waals surface area contributed by atoms with E-state index in [9.17, 15) is 9.59 Å². The predicted octanol–water partition coefficient (Wildman–Crippen LogP) is 0.814. The van der Waals surface area contributed by atoms with Gasteiger partial charge in [-0.15, -0.1) is 0 Å². The van der Waals surface area contributed by atoms with Crippen molar-refractivity contribution >= 4 is 11.7 Å². The van der Waals surface area contributed by atoms with E-state index in [2.05, 4.69) is 10.2 Å². The number of likely N-dealkylation sites (tertiary alicyclic amines) is 1. The van der Waals surface area contributed by atoms with E-state index in [4.69, 9.17) is 0 Å². The van der Waals surface area contributed by atoms with Crippen molar-refractivity contribution in [3.63, 3.8) is 0 Å². The highest BCUT2D eigenvalue weighted by molar-refractivity contribution is 5.79. The van der Waals surface area contributed by atoms with E-state index in [1.807, 2.05) is 6.92 Å². The number of ketones is 1. The second kappa shape index (κ2) is 6.63. The molecule has 4 nitrogen and oxygen atoms in total. The molecule has 0 saturated carbocycles. The van der Waals surface area contributed by atoms with Gasteiger partial charge in [0.05, 0.1) is 6.54 Å². The molecule has 1 aliphatic heterocycles. The minimum atomic E-state index is 0.100. The Labute approximate surface area is 97.4 Å². The molecular weight excluding hydrogens is 204 g/mol. The van der Waals surface area contributed by atoms with Crippen molar-refractivity contribution in [1.29, 1.82) is 0 Å². The fourth-order valence-corrected chi connectivity index (χ4v) is 2.02. The van der Waals surface area contributed by atoms with Crippen molar-refractivity contribution in [1.82, 2.24) is 10.2 Å². The maximum atomic E-state index is 11.5. The van der Waals surface area contributed by atoms with Crippen LogP contribution in [0.25, 0.3) is 0 Å². The Hall–Kier alpha value is -0.900. The molecule has 92 valence electrons. The molecule has 1 amide bonds. The summed E-state index contributed by atoms with van der Waals surface area (Å²) in [5, 5.41) is 2.87. The predicted molar refractivity (Wildman–Crippen MR) is 63.1 cm³/mol. The number of piperidine rings is 1. The highest BCUT2D eigenvalue weighted by Gasteiger charge is 2.23. The fourth-order valence-electron chi connectivity index (χ4n) is 2.02. The molecule has 1 N–H and O–H groups in total. The quantitative estimate of drug-likeness (QED) is 0.755. The van der Waals surface area contributed by atoms with Gasteiger partial charge in [0.2, 0.25) is 5.91 Å². The average molecular weight is 226 g/mol. The van der Waals surface area contributed by atoms with Crippen LogP contribution in [0.1, 0.15) is 33.1 Å². The van der Waals surface area contributed by atoms with Crippen LogP contribution in [0.4, 0.5) is 0 Å². The lowest BCUT2D eigenvalue weighted by Gasteiger charge is -2.30. The summed E-state index contributed by atoms with van der Waals surface area (Å²) < 4.78 is 0. The molecule has 0 spiro atoms. The van der Waals surface area contributed by atoms with Crippen molar-refractivity contribution in [3.05, 3.63) is 0 Å². The number of rotatable bonds is 5. The van der Waals surface area contributed by atoms with E-state index < -0.39 is 0 Å². The van der Waals surface area contributed by atoms with Crippen molar-refractivity contribution in [2.45, 2.75) is 33.1 Å². The number of amides is 1. The van der Waals surface area contributed by atoms with Gasteiger partial charge in [-0.3, -0.25) is 14.5 Å². The second-order valence-corrected chi connectivity index (χ2v) is 4.51. The van der Waals surface area contributed by atoms with E-state index in [-0.39, 0.29) is 17.6 Å². The molecule has 1 aliphatic rings. The standard InChI is InChI=1S/C12H22N2O2/c1-3-6-13-12(16)9-14-7-4-11(5-8-14)10(2)15/h11H,3-9H2,1-2H3,(H,13,16). The maximum Gasteiger partial charge on any atom is 0.234 e. The average Bonchev–Trinajstić information content (AvgIpc) is 2.27. The number of nitrogens with zero attached hydrogens (tertiary/aromatic N) is 1. The maximum absolute atomic E-state index is 11.5. The zero-order valence-corrected chi connectivity index (χ0v) is 10.3. The summed E-state index contributed by atoms with van der Waals surface area (Å²) in [6.07, 6.45) is 2.77. The first kappa shape index (κ1) is 13.2. The lowest BCUT2D eigenvalue weighted by Crippen LogP contribution is -2.42. The molecule has 0 bridgehead atoms. The van der Waals surface area contributed by atoms with Gasteiger partial charge in [0.15, 0.2) is 0 Å². The summed E-state index contributed by atoms with van der Waals surface area (Å²) in [7, 11) is 0. The zero-order chi connectivity index (χ0) is 12.0. The van der Waals surface area contributed by atoms with Crippen LogP contribution in [0.3, 0.4) is 0 Å². The Balaban J connectivity index is 2.21. The summed E-state index contributed by atoms with van der Waals surface area (Å²) in [5.74, 6) is 0.605. The van der Waals surface area contributed by atoms with Gasteiger partial charge >= 0.3 is 0 Å². The lowest BCUT2D eigenvalue weighted by molar-refractivity contribution is -0.123. The number of Topliss-reactive ketones (excluding diaryl/α,β-unsaturated/α-hetero) is 1. The van der Waals surface area contributed by atoms with Gasteiger partial charge in [0.1, 0.15) is 5.78 Å². The molecule has 0 atom stereocenters. The molecule has 0 unspecified atom stereocenters. The van der Waals surface area contributed by atoms with Crippen LogP contribution in [0.5, 0.6) is 0 Å². The first-order valence-corrected chi connectivity index (χ1v) is 6.13. The minimum absolute atomic E-state index is 0.100.